The van der Waals surface area contributed by atoms with Crippen molar-refractivity contribution in [3.8, 4) is 0 Å². The fourth-order valence-corrected chi connectivity index (χ4v) is 2.58. The van der Waals surface area contributed by atoms with E-state index in [-0.39, 0.29) is 0 Å². The van der Waals surface area contributed by atoms with E-state index in [2.05, 4.69) is 20.8 Å². The first-order valence-electron chi connectivity index (χ1n) is 5.74. The van der Waals surface area contributed by atoms with E-state index in [1.807, 2.05) is 0 Å². The van der Waals surface area contributed by atoms with Crippen molar-refractivity contribution in [2.75, 3.05) is 0 Å². The molecule has 0 aromatic carbocycles. The standard InChI is InChI=1S/C12H21ClO2/c1-4-11(2,3)9-5-7-12(13,8-6-9)10(14)15/h9H,4-8H2,1-3H3,(H,14,15). The first kappa shape index (κ1) is 12.8. The van der Waals surface area contributed by atoms with Crippen LogP contribution in [0.3, 0.4) is 0 Å². The third-order valence-corrected chi connectivity index (χ3v) is 4.72. The average Bonchev–Trinajstić information content (AvgIpc) is 2.18. The predicted molar refractivity (Wildman–Crippen MR) is 62.2 cm³/mol. The number of carboxylic acids is 1. The summed E-state index contributed by atoms with van der Waals surface area (Å²) in [7, 11) is 0. The van der Waals surface area contributed by atoms with Gasteiger partial charge in [0.25, 0.3) is 0 Å². The summed E-state index contributed by atoms with van der Waals surface area (Å²) in [6.45, 7) is 6.72. The Morgan fingerprint density at radius 3 is 2.27 bits per heavy atom. The number of hydrogen-bond donors (Lipinski definition) is 1. The summed E-state index contributed by atoms with van der Waals surface area (Å²) < 4.78 is 0. The Morgan fingerprint density at radius 2 is 1.93 bits per heavy atom. The van der Waals surface area contributed by atoms with Crippen LogP contribution in [0.25, 0.3) is 0 Å². The van der Waals surface area contributed by atoms with E-state index in [4.69, 9.17) is 16.7 Å². The second-order valence-corrected chi connectivity index (χ2v) is 6.11. The molecular weight excluding hydrogens is 212 g/mol. The van der Waals surface area contributed by atoms with Crippen molar-refractivity contribution in [1.82, 2.24) is 0 Å². The molecule has 0 saturated heterocycles. The van der Waals surface area contributed by atoms with Crippen LogP contribution in [0.15, 0.2) is 0 Å². The lowest BCUT2D eigenvalue weighted by molar-refractivity contribution is -0.141. The lowest BCUT2D eigenvalue weighted by Gasteiger charge is -2.40. The SMILES string of the molecule is CCC(C)(C)C1CCC(Cl)(C(=O)O)CC1. The number of halogens is 1. The smallest absolute Gasteiger partial charge is 0.324 e. The van der Waals surface area contributed by atoms with Gasteiger partial charge in [-0.25, -0.2) is 0 Å². The molecule has 1 fully saturated rings. The van der Waals surface area contributed by atoms with Crippen molar-refractivity contribution < 1.29 is 9.90 Å². The molecule has 0 spiro atoms. The molecule has 0 unspecified atom stereocenters. The predicted octanol–water partition coefficient (Wildman–Crippen LogP) is 3.68. The van der Waals surface area contributed by atoms with E-state index in [9.17, 15) is 4.79 Å². The molecule has 2 nitrogen and oxygen atoms in total. The quantitative estimate of drug-likeness (QED) is 0.754. The molecule has 1 rings (SSSR count). The van der Waals surface area contributed by atoms with Gasteiger partial charge in [0.05, 0.1) is 0 Å². The summed E-state index contributed by atoms with van der Waals surface area (Å²) in [6, 6.07) is 0. The normalized spacial score (nSPS) is 32.7. The van der Waals surface area contributed by atoms with Crippen LogP contribution in [0.2, 0.25) is 0 Å². The first-order chi connectivity index (χ1) is 6.82. The topological polar surface area (TPSA) is 37.3 Å². The minimum absolute atomic E-state index is 0.316. The number of carboxylic acid groups (broad SMARTS) is 1. The molecule has 1 saturated carbocycles. The van der Waals surface area contributed by atoms with Gasteiger partial charge in [-0.05, 0) is 37.0 Å². The Hall–Kier alpha value is -0.240. The summed E-state index contributed by atoms with van der Waals surface area (Å²) in [4.78, 5) is 9.98. The largest absolute Gasteiger partial charge is 0.480 e. The van der Waals surface area contributed by atoms with Crippen LogP contribution in [0.1, 0.15) is 52.9 Å². The maximum atomic E-state index is 11.0. The van der Waals surface area contributed by atoms with Crippen LogP contribution in [-0.4, -0.2) is 16.0 Å². The minimum Gasteiger partial charge on any atom is -0.480 e. The summed E-state index contributed by atoms with van der Waals surface area (Å²) in [5, 5.41) is 9.01. The summed E-state index contributed by atoms with van der Waals surface area (Å²) in [5.41, 5.74) is 0.316. The highest BCUT2D eigenvalue weighted by molar-refractivity contribution is 6.33. The molecule has 3 heteroatoms. The molecule has 0 aromatic heterocycles. The fourth-order valence-electron chi connectivity index (χ4n) is 2.36. The maximum absolute atomic E-state index is 11.0. The van der Waals surface area contributed by atoms with Gasteiger partial charge in [-0.15, -0.1) is 11.6 Å². The molecular formula is C12H21ClO2. The summed E-state index contributed by atoms with van der Waals surface area (Å²) in [6.07, 6.45) is 4.24. The van der Waals surface area contributed by atoms with Crippen LogP contribution >= 0.6 is 11.6 Å². The zero-order chi connectivity index (χ0) is 11.7. The summed E-state index contributed by atoms with van der Waals surface area (Å²) in [5.74, 6) is -0.231. The molecule has 0 radical (unpaired) electrons. The highest BCUT2D eigenvalue weighted by Crippen LogP contribution is 2.45. The van der Waals surface area contributed by atoms with Crippen molar-refractivity contribution in [2.24, 2.45) is 11.3 Å². The zero-order valence-corrected chi connectivity index (χ0v) is 10.6. The number of carbonyl (C=O) groups is 1. The molecule has 1 N–H and O–H groups in total. The lowest BCUT2D eigenvalue weighted by atomic mass is 9.67. The molecule has 15 heavy (non-hydrogen) atoms. The molecule has 0 bridgehead atoms. The van der Waals surface area contributed by atoms with Gasteiger partial charge in [0.1, 0.15) is 4.87 Å². The second-order valence-electron chi connectivity index (χ2n) is 5.39. The van der Waals surface area contributed by atoms with Crippen LogP contribution in [0, 0.1) is 11.3 Å². The van der Waals surface area contributed by atoms with Crippen molar-refractivity contribution in [3.05, 3.63) is 0 Å². The van der Waals surface area contributed by atoms with Crippen molar-refractivity contribution in [3.63, 3.8) is 0 Å². The highest BCUT2D eigenvalue weighted by Gasteiger charge is 2.43. The van der Waals surface area contributed by atoms with Gasteiger partial charge in [0, 0.05) is 0 Å². The first-order valence-corrected chi connectivity index (χ1v) is 6.12. The van der Waals surface area contributed by atoms with Crippen molar-refractivity contribution in [1.29, 1.82) is 0 Å². The molecule has 0 heterocycles. The van der Waals surface area contributed by atoms with Crippen molar-refractivity contribution >= 4 is 17.6 Å². The Bertz CT molecular complexity index is 240. The van der Waals surface area contributed by atoms with Gasteiger partial charge in [-0.1, -0.05) is 27.2 Å². The molecule has 0 aliphatic heterocycles. The van der Waals surface area contributed by atoms with E-state index in [0.29, 0.717) is 24.2 Å². The van der Waals surface area contributed by atoms with Gasteiger partial charge < -0.3 is 5.11 Å². The van der Waals surface area contributed by atoms with Crippen LogP contribution < -0.4 is 0 Å². The maximum Gasteiger partial charge on any atom is 0.324 e. The number of rotatable bonds is 3. The molecule has 88 valence electrons. The average molecular weight is 233 g/mol. The molecule has 0 aromatic rings. The number of alkyl halides is 1. The number of aliphatic carboxylic acids is 1. The van der Waals surface area contributed by atoms with Gasteiger partial charge in [0.15, 0.2) is 0 Å². The molecule has 1 aliphatic carbocycles. The zero-order valence-electron chi connectivity index (χ0n) is 9.85. The Kier molecular flexibility index (Phi) is 3.70. The Morgan fingerprint density at radius 1 is 1.47 bits per heavy atom. The number of hydrogen-bond acceptors (Lipinski definition) is 1. The van der Waals surface area contributed by atoms with Crippen LogP contribution in [0.5, 0.6) is 0 Å². The van der Waals surface area contributed by atoms with Crippen LogP contribution in [-0.2, 0) is 4.79 Å². The third kappa shape index (κ3) is 2.66. The van der Waals surface area contributed by atoms with Crippen molar-refractivity contribution in [2.45, 2.75) is 57.7 Å². The second kappa shape index (κ2) is 4.32. The van der Waals surface area contributed by atoms with Gasteiger partial charge in [0.2, 0.25) is 0 Å². The highest BCUT2D eigenvalue weighted by atomic mass is 35.5. The van der Waals surface area contributed by atoms with Gasteiger partial charge >= 0.3 is 5.97 Å². The van der Waals surface area contributed by atoms with Crippen LogP contribution in [0.4, 0.5) is 0 Å². The van der Waals surface area contributed by atoms with E-state index in [0.717, 1.165) is 19.3 Å². The molecule has 1 aliphatic rings. The minimum atomic E-state index is -0.986. The summed E-state index contributed by atoms with van der Waals surface area (Å²) >= 11 is 6.07. The monoisotopic (exact) mass is 232 g/mol. The Labute approximate surface area is 97.0 Å². The van der Waals surface area contributed by atoms with Gasteiger partial charge in [-0.3, -0.25) is 4.79 Å². The van der Waals surface area contributed by atoms with E-state index >= 15 is 0 Å². The van der Waals surface area contributed by atoms with Gasteiger partial charge in [-0.2, -0.15) is 0 Å². The fraction of sp³-hybridized carbons (Fsp3) is 0.917. The van der Waals surface area contributed by atoms with E-state index < -0.39 is 10.8 Å². The third-order valence-electron chi connectivity index (χ3n) is 4.18. The Balaban J connectivity index is 2.60. The lowest BCUT2D eigenvalue weighted by Crippen LogP contribution is -2.39. The van der Waals surface area contributed by atoms with E-state index in [1.54, 1.807) is 0 Å². The molecule has 0 atom stereocenters. The van der Waals surface area contributed by atoms with E-state index in [1.165, 1.54) is 0 Å². The molecule has 0 amide bonds.